The van der Waals surface area contributed by atoms with Crippen LogP contribution in [0.2, 0.25) is 0 Å². The molecule has 0 radical (unpaired) electrons. The molecule has 2 aromatic carbocycles. The van der Waals surface area contributed by atoms with E-state index in [-0.39, 0.29) is 25.1 Å². The highest BCUT2D eigenvalue weighted by Gasteiger charge is 2.45. The number of ether oxygens (including phenoxy) is 3. The molecule has 0 bridgehead atoms. The van der Waals surface area contributed by atoms with Crippen molar-refractivity contribution in [2.75, 3.05) is 39.7 Å². The number of fused-ring (bicyclic) bond motifs is 1. The Morgan fingerprint density at radius 2 is 1.24 bits per heavy atom. The molecule has 20 heteroatoms. The molecule has 2 rings (SSSR count). The number of halogens is 3. The molecule has 0 aromatic heterocycles. The third-order valence-corrected chi connectivity index (χ3v) is 8.77. The van der Waals surface area contributed by atoms with Crippen molar-refractivity contribution in [1.82, 2.24) is 26.6 Å². The number of hydrogen-bond donors (Lipinski definition) is 6. The summed E-state index contributed by atoms with van der Waals surface area (Å²) in [4.78, 5) is 101. The van der Waals surface area contributed by atoms with Crippen molar-refractivity contribution in [3.63, 3.8) is 0 Å². The number of carbonyl (C=O) groups excluding carboxylic acids is 8. The number of alkyl halides is 3. The number of hydrogen-bond acceptors (Lipinski definition) is 13. The Hall–Kier alpha value is -6.21. The third-order valence-electron chi connectivity index (χ3n) is 8.77. The minimum Gasteiger partial charge on any atom is -0.469 e. The second-order valence-electron chi connectivity index (χ2n) is 13.5. The number of Topliss-reactive ketones (excluding diaryl/α,β-unsaturated/α-hetero) is 1. The summed E-state index contributed by atoms with van der Waals surface area (Å²) < 4.78 is 53.8. The highest BCUT2D eigenvalue weighted by Crippen LogP contribution is 2.23. The van der Waals surface area contributed by atoms with Crippen LogP contribution in [0.5, 0.6) is 0 Å². The maximum Gasteiger partial charge on any atom is 0.452 e. The summed E-state index contributed by atoms with van der Waals surface area (Å²) in [6.07, 6.45) is -8.53. The fraction of sp³-hybridized carbons (Fsp3) is 0.487. The third kappa shape index (κ3) is 16.7. The van der Waals surface area contributed by atoms with Gasteiger partial charge in [0.15, 0.2) is 0 Å². The van der Waals surface area contributed by atoms with Crippen molar-refractivity contribution in [3.8, 4) is 0 Å². The molecule has 0 spiro atoms. The molecular weight excluding hydrogens is 785 g/mol. The predicted molar refractivity (Wildman–Crippen MR) is 207 cm³/mol. The summed E-state index contributed by atoms with van der Waals surface area (Å²) in [6, 6.07) is 6.98. The second-order valence-corrected chi connectivity index (χ2v) is 13.5. The summed E-state index contributed by atoms with van der Waals surface area (Å²) in [6.45, 7) is 7.37. The minimum absolute atomic E-state index is 0.229. The standard InChI is InChI=1S/C39H51F3N6O11/c1-22(2)35(23(3)45-28(20-33(52)58-5)36(54)39(40,41)42)48-37(55)27(14-17-32(51)57-4)47-38(56)29(21-34(53)59-6)46-31(50)16-15-30(49)44-19-18-43-26-13-9-11-24-10-7-8-12-25(24)26/h7-13,22,27-29,35,43,45H,3,14-21H2,1-2,4-6H3,(H,44,49)(H,46,50)(H,47,56)(H,48,55)/t27?,28?,29?,35-/m1/s1. The Morgan fingerprint density at radius 1 is 0.661 bits per heavy atom. The van der Waals surface area contributed by atoms with Crippen molar-refractivity contribution in [2.45, 2.75) is 82.7 Å². The largest absolute Gasteiger partial charge is 0.469 e. The van der Waals surface area contributed by atoms with Gasteiger partial charge in [-0.2, -0.15) is 13.2 Å². The van der Waals surface area contributed by atoms with Gasteiger partial charge in [0, 0.05) is 49.1 Å². The van der Waals surface area contributed by atoms with E-state index < -0.39 is 109 Å². The summed E-state index contributed by atoms with van der Waals surface area (Å²) in [5.74, 6) is -9.06. The summed E-state index contributed by atoms with van der Waals surface area (Å²) in [7, 11) is 3.04. The number of nitrogens with one attached hydrogen (secondary N) is 6. The number of anilines is 1. The second kappa shape index (κ2) is 23.9. The molecule has 6 N–H and O–H groups in total. The lowest BCUT2D eigenvalue weighted by Crippen LogP contribution is -2.57. The Bertz CT molecular complexity index is 1830. The lowest BCUT2D eigenvalue weighted by molar-refractivity contribution is -0.174. The van der Waals surface area contributed by atoms with Gasteiger partial charge < -0.3 is 46.1 Å². The number of ketones is 1. The van der Waals surface area contributed by atoms with Crippen LogP contribution >= 0.6 is 0 Å². The normalized spacial score (nSPS) is 13.1. The molecule has 17 nitrogen and oxygen atoms in total. The van der Waals surface area contributed by atoms with Crippen LogP contribution < -0.4 is 31.9 Å². The molecule has 3 unspecified atom stereocenters. The van der Waals surface area contributed by atoms with E-state index in [9.17, 15) is 51.5 Å². The number of amides is 4. The molecule has 0 aliphatic carbocycles. The summed E-state index contributed by atoms with van der Waals surface area (Å²) >= 11 is 0. The van der Waals surface area contributed by atoms with Gasteiger partial charge in [-0.1, -0.05) is 56.8 Å². The van der Waals surface area contributed by atoms with E-state index in [0.717, 1.165) is 37.8 Å². The first kappa shape index (κ1) is 48.9. The zero-order valence-corrected chi connectivity index (χ0v) is 33.4. The molecule has 0 aliphatic heterocycles. The van der Waals surface area contributed by atoms with E-state index in [0.29, 0.717) is 6.54 Å². The Kier molecular flexibility index (Phi) is 19.8. The molecule has 0 heterocycles. The molecule has 324 valence electrons. The van der Waals surface area contributed by atoms with Gasteiger partial charge in [-0.25, -0.2) is 0 Å². The number of rotatable bonds is 24. The van der Waals surface area contributed by atoms with Crippen LogP contribution in [-0.4, -0.2) is 112 Å². The van der Waals surface area contributed by atoms with Crippen LogP contribution in [0.1, 0.15) is 52.4 Å². The first-order chi connectivity index (χ1) is 27.8. The van der Waals surface area contributed by atoms with Crippen LogP contribution in [0.15, 0.2) is 54.7 Å². The quantitative estimate of drug-likeness (QED) is 0.0505. The number of benzene rings is 2. The smallest absolute Gasteiger partial charge is 0.452 e. The highest BCUT2D eigenvalue weighted by atomic mass is 19.4. The van der Waals surface area contributed by atoms with E-state index >= 15 is 0 Å². The van der Waals surface area contributed by atoms with Crippen molar-refractivity contribution < 1.29 is 65.7 Å². The molecule has 0 aliphatic rings. The molecule has 0 saturated heterocycles. The van der Waals surface area contributed by atoms with Crippen LogP contribution in [-0.2, 0) is 52.6 Å². The van der Waals surface area contributed by atoms with Gasteiger partial charge in [-0.05, 0) is 23.8 Å². The maximum absolute atomic E-state index is 13.7. The zero-order chi connectivity index (χ0) is 44.3. The van der Waals surface area contributed by atoms with Gasteiger partial charge in [-0.3, -0.25) is 38.4 Å². The summed E-state index contributed by atoms with van der Waals surface area (Å²) in [5.41, 5.74) is 0.570. The van der Waals surface area contributed by atoms with Crippen molar-refractivity contribution in [2.24, 2.45) is 5.92 Å². The molecule has 4 amide bonds. The van der Waals surface area contributed by atoms with E-state index in [2.05, 4.69) is 52.7 Å². The van der Waals surface area contributed by atoms with Gasteiger partial charge >= 0.3 is 24.1 Å². The van der Waals surface area contributed by atoms with Crippen LogP contribution in [0.3, 0.4) is 0 Å². The first-order valence-corrected chi connectivity index (χ1v) is 18.5. The topological polar surface area (TPSA) is 236 Å². The lowest BCUT2D eigenvalue weighted by Gasteiger charge is -2.30. The lowest BCUT2D eigenvalue weighted by atomic mass is 9.98. The van der Waals surface area contributed by atoms with Gasteiger partial charge in [0.2, 0.25) is 23.6 Å². The molecule has 2 aromatic rings. The number of esters is 3. The average Bonchev–Trinajstić information content (AvgIpc) is 3.20. The van der Waals surface area contributed by atoms with Gasteiger partial charge in [0.05, 0.1) is 40.2 Å². The van der Waals surface area contributed by atoms with Crippen molar-refractivity contribution in [1.29, 1.82) is 0 Å². The average molecular weight is 837 g/mol. The Morgan fingerprint density at radius 3 is 1.85 bits per heavy atom. The van der Waals surface area contributed by atoms with Gasteiger partial charge in [0.25, 0.3) is 5.78 Å². The number of methoxy groups -OCH3 is 3. The fourth-order valence-corrected chi connectivity index (χ4v) is 5.61. The van der Waals surface area contributed by atoms with E-state index in [1.165, 1.54) is 0 Å². The van der Waals surface area contributed by atoms with E-state index in [4.69, 9.17) is 0 Å². The maximum atomic E-state index is 13.7. The molecule has 0 fully saturated rings. The van der Waals surface area contributed by atoms with E-state index in [1.807, 2.05) is 42.5 Å². The monoisotopic (exact) mass is 836 g/mol. The molecule has 4 atom stereocenters. The zero-order valence-electron chi connectivity index (χ0n) is 33.4. The van der Waals surface area contributed by atoms with Gasteiger partial charge in [-0.15, -0.1) is 0 Å². The molecule has 0 saturated carbocycles. The predicted octanol–water partition coefficient (Wildman–Crippen LogP) is 1.94. The fourth-order valence-electron chi connectivity index (χ4n) is 5.61. The van der Waals surface area contributed by atoms with Crippen LogP contribution in [0.25, 0.3) is 10.8 Å². The SMILES string of the molecule is C=C(NC(CC(=O)OC)C(=O)C(F)(F)F)[C@H](NC(=O)C(CCC(=O)OC)NC(=O)C(CC(=O)OC)NC(=O)CCC(=O)NCCNc1cccc2ccccc12)C(C)C. The molecule has 59 heavy (non-hydrogen) atoms. The minimum atomic E-state index is -5.34. The summed E-state index contributed by atoms with van der Waals surface area (Å²) in [5, 5.41) is 17.5. The first-order valence-electron chi connectivity index (χ1n) is 18.5. The van der Waals surface area contributed by atoms with Gasteiger partial charge in [0.1, 0.15) is 18.1 Å². The van der Waals surface area contributed by atoms with Crippen LogP contribution in [0, 0.1) is 5.92 Å². The van der Waals surface area contributed by atoms with Crippen molar-refractivity contribution in [3.05, 3.63) is 54.7 Å². The Labute approximate surface area is 338 Å². The van der Waals surface area contributed by atoms with Crippen molar-refractivity contribution >= 4 is 63.8 Å². The Balaban J connectivity index is 2.12. The number of carbonyl (C=O) groups is 8. The molecular formula is C39H51F3N6O11. The van der Waals surface area contributed by atoms with E-state index in [1.54, 1.807) is 13.8 Å². The van der Waals surface area contributed by atoms with Crippen LogP contribution in [0.4, 0.5) is 18.9 Å². The highest BCUT2D eigenvalue weighted by molar-refractivity contribution is 5.96.